The molecule has 0 amide bonds. The van der Waals surface area contributed by atoms with E-state index in [1.807, 2.05) is 0 Å². The van der Waals surface area contributed by atoms with Gasteiger partial charge in [-0.3, -0.25) is 0 Å². The van der Waals surface area contributed by atoms with Crippen LogP contribution in [-0.2, 0) is 0 Å². The second-order valence-electron chi connectivity index (χ2n) is 4.50. The molecule has 110 valence electrons. The predicted molar refractivity (Wildman–Crippen MR) is 73.9 cm³/mol. The van der Waals surface area contributed by atoms with Crippen LogP contribution in [0.4, 0.5) is 17.6 Å². The van der Waals surface area contributed by atoms with E-state index in [0.717, 1.165) is 13.1 Å². The third-order valence-corrected chi connectivity index (χ3v) is 2.87. The van der Waals surface area contributed by atoms with Crippen LogP contribution in [0.1, 0.15) is 12.5 Å². The number of nitrogens with one attached hydrogen (secondary N) is 1. The van der Waals surface area contributed by atoms with Gasteiger partial charge in [0.15, 0.2) is 0 Å². The van der Waals surface area contributed by atoms with E-state index in [2.05, 4.69) is 16.9 Å². The second-order valence-corrected chi connectivity index (χ2v) is 4.50. The predicted octanol–water partition coefficient (Wildman–Crippen LogP) is 4.19. The number of halogens is 4. The van der Waals surface area contributed by atoms with E-state index < -0.39 is 11.7 Å². The van der Waals surface area contributed by atoms with Gasteiger partial charge in [0.05, 0.1) is 0 Å². The van der Waals surface area contributed by atoms with Crippen LogP contribution < -0.4 is 5.32 Å². The molecular formula is C15H12F4N2. The summed E-state index contributed by atoms with van der Waals surface area (Å²) in [5, 5.41) is 2.86. The van der Waals surface area contributed by atoms with Crippen molar-refractivity contribution in [3.63, 3.8) is 0 Å². The van der Waals surface area contributed by atoms with E-state index in [1.165, 1.54) is 12.1 Å². The van der Waals surface area contributed by atoms with Gasteiger partial charge in [0.25, 0.3) is 0 Å². The molecule has 1 aliphatic rings. The summed E-state index contributed by atoms with van der Waals surface area (Å²) in [6.45, 7) is 4.66. The SMILES string of the molecule is C=C1C=C(c2ccc(F)cc2)NC1=N/C=C(\C)C(F)(F)F. The van der Waals surface area contributed by atoms with Crippen molar-refractivity contribution in [1.29, 1.82) is 0 Å². The number of rotatable bonds is 2. The first kappa shape index (κ1) is 15.0. The number of aliphatic imine (C=N–C) groups is 1. The zero-order valence-electron chi connectivity index (χ0n) is 11.1. The Kier molecular flexibility index (Phi) is 3.97. The maximum atomic E-state index is 12.9. The number of alkyl halides is 3. The first-order chi connectivity index (χ1) is 9.77. The molecule has 0 saturated heterocycles. The molecule has 1 heterocycles. The highest BCUT2D eigenvalue weighted by atomic mass is 19.4. The van der Waals surface area contributed by atoms with Crippen LogP contribution in [0.2, 0.25) is 0 Å². The van der Waals surface area contributed by atoms with Crippen molar-refractivity contribution >= 4 is 11.5 Å². The summed E-state index contributed by atoms with van der Waals surface area (Å²) in [6, 6.07) is 5.70. The Labute approximate surface area is 119 Å². The monoisotopic (exact) mass is 296 g/mol. The number of nitrogens with zero attached hydrogens (tertiary/aromatic N) is 1. The van der Waals surface area contributed by atoms with Crippen molar-refractivity contribution in [3.8, 4) is 0 Å². The number of hydrogen-bond donors (Lipinski definition) is 1. The molecule has 0 saturated carbocycles. The normalized spacial score (nSPS) is 18.0. The molecule has 1 aromatic rings. The molecule has 0 aliphatic carbocycles. The molecule has 2 rings (SSSR count). The fourth-order valence-electron chi connectivity index (χ4n) is 1.62. The van der Waals surface area contributed by atoms with Crippen molar-refractivity contribution in [3.05, 3.63) is 65.6 Å². The number of amidine groups is 1. The molecule has 0 fully saturated rings. The molecule has 21 heavy (non-hydrogen) atoms. The lowest BCUT2D eigenvalue weighted by atomic mass is 10.1. The summed E-state index contributed by atoms with van der Waals surface area (Å²) in [5.41, 5.74) is 0.955. The minimum absolute atomic E-state index is 0.234. The highest BCUT2D eigenvalue weighted by Gasteiger charge is 2.30. The lowest BCUT2D eigenvalue weighted by Gasteiger charge is -2.06. The zero-order chi connectivity index (χ0) is 15.6. The third-order valence-electron chi connectivity index (χ3n) is 2.87. The minimum Gasteiger partial charge on any atom is -0.339 e. The minimum atomic E-state index is -4.41. The lowest BCUT2D eigenvalue weighted by molar-refractivity contribution is -0.0914. The van der Waals surface area contributed by atoms with Crippen LogP contribution in [0.3, 0.4) is 0 Å². The van der Waals surface area contributed by atoms with Crippen LogP contribution >= 0.6 is 0 Å². The molecule has 1 aliphatic heterocycles. The van der Waals surface area contributed by atoms with Crippen molar-refractivity contribution in [2.24, 2.45) is 4.99 Å². The Hall–Kier alpha value is -2.37. The maximum absolute atomic E-state index is 12.9. The first-order valence-electron chi connectivity index (χ1n) is 6.03. The van der Waals surface area contributed by atoms with E-state index >= 15 is 0 Å². The van der Waals surface area contributed by atoms with Crippen molar-refractivity contribution in [2.45, 2.75) is 13.1 Å². The smallest absolute Gasteiger partial charge is 0.339 e. The van der Waals surface area contributed by atoms with Gasteiger partial charge in [0.1, 0.15) is 11.7 Å². The highest BCUT2D eigenvalue weighted by molar-refractivity contribution is 6.10. The fraction of sp³-hybridized carbons (Fsp3) is 0.133. The Morgan fingerprint density at radius 2 is 1.86 bits per heavy atom. The number of hydrogen-bond acceptors (Lipinski definition) is 1. The maximum Gasteiger partial charge on any atom is 0.413 e. The summed E-state index contributed by atoms with van der Waals surface area (Å²) in [6.07, 6.45) is -2.02. The average Bonchev–Trinajstić information content (AvgIpc) is 2.77. The standard InChI is InChI=1S/C15H12F4N2/c1-9-7-13(11-3-5-12(16)6-4-11)21-14(9)20-8-10(2)15(17,18)19/h3-8H,1H2,2H3,(H,20,21)/b10-8+. The first-order valence-corrected chi connectivity index (χ1v) is 6.03. The van der Waals surface area contributed by atoms with E-state index in [1.54, 1.807) is 18.2 Å². The summed E-state index contributed by atoms with van der Waals surface area (Å²) in [4.78, 5) is 3.76. The van der Waals surface area contributed by atoms with Crippen LogP contribution in [0, 0.1) is 5.82 Å². The Morgan fingerprint density at radius 3 is 2.43 bits per heavy atom. The van der Waals surface area contributed by atoms with Crippen LogP contribution in [0.5, 0.6) is 0 Å². The van der Waals surface area contributed by atoms with Crippen molar-refractivity contribution < 1.29 is 17.6 Å². The molecule has 0 aromatic heterocycles. The summed E-state index contributed by atoms with van der Waals surface area (Å²) in [5.74, 6) is -0.133. The van der Waals surface area contributed by atoms with Gasteiger partial charge in [-0.15, -0.1) is 0 Å². The molecule has 1 N–H and O–H groups in total. The average molecular weight is 296 g/mol. The van der Waals surface area contributed by atoms with Gasteiger partial charge >= 0.3 is 6.18 Å². The van der Waals surface area contributed by atoms with Crippen molar-refractivity contribution in [2.75, 3.05) is 0 Å². The zero-order valence-corrected chi connectivity index (χ0v) is 11.1. The number of allylic oxidation sites excluding steroid dienone is 1. The molecule has 6 heteroatoms. The third kappa shape index (κ3) is 3.59. The van der Waals surface area contributed by atoms with E-state index in [-0.39, 0.29) is 11.7 Å². The summed E-state index contributed by atoms with van der Waals surface area (Å²) in [7, 11) is 0. The van der Waals surface area contributed by atoms with E-state index in [0.29, 0.717) is 16.8 Å². The Bertz CT molecular complexity index is 649. The van der Waals surface area contributed by atoms with Gasteiger partial charge < -0.3 is 5.32 Å². The molecular weight excluding hydrogens is 284 g/mol. The molecule has 0 spiro atoms. The molecule has 0 bridgehead atoms. The van der Waals surface area contributed by atoms with Crippen molar-refractivity contribution in [1.82, 2.24) is 5.32 Å². The largest absolute Gasteiger partial charge is 0.413 e. The summed E-state index contributed by atoms with van der Waals surface area (Å²) < 4.78 is 50.0. The van der Waals surface area contributed by atoms with Gasteiger partial charge in [0.2, 0.25) is 0 Å². The van der Waals surface area contributed by atoms with Crippen LogP contribution in [-0.4, -0.2) is 12.0 Å². The van der Waals surface area contributed by atoms with Crippen LogP contribution in [0.25, 0.3) is 5.70 Å². The van der Waals surface area contributed by atoms with Gasteiger partial charge in [-0.25, -0.2) is 9.38 Å². The fourth-order valence-corrected chi connectivity index (χ4v) is 1.62. The molecule has 1 aromatic carbocycles. The number of benzene rings is 1. The lowest BCUT2D eigenvalue weighted by Crippen LogP contribution is -2.16. The van der Waals surface area contributed by atoms with Gasteiger partial charge in [0, 0.05) is 23.0 Å². The molecule has 0 radical (unpaired) electrons. The Morgan fingerprint density at radius 1 is 1.24 bits per heavy atom. The molecule has 0 unspecified atom stereocenters. The topological polar surface area (TPSA) is 24.4 Å². The Balaban J connectivity index is 2.19. The summed E-state index contributed by atoms with van der Waals surface area (Å²) >= 11 is 0. The van der Waals surface area contributed by atoms with Gasteiger partial charge in [-0.2, -0.15) is 13.2 Å². The van der Waals surface area contributed by atoms with Crippen LogP contribution in [0.15, 0.2) is 59.3 Å². The van der Waals surface area contributed by atoms with Gasteiger partial charge in [-0.05, 0) is 42.8 Å². The second kappa shape index (κ2) is 5.55. The highest BCUT2D eigenvalue weighted by Crippen LogP contribution is 2.25. The molecule has 0 atom stereocenters. The van der Waals surface area contributed by atoms with Gasteiger partial charge in [-0.1, -0.05) is 6.58 Å². The van der Waals surface area contributed by atoms with E-state index in [9.17, 15) is 17.6 Å². The molecule has 2 nitrogen and oxygen atoms in total. The quantitative estimate of drug-likeness (QED) is 0.813. The van der Waals surface area contributed by atoms with E-state index in [4.69, 9.17) is 0 Å².